The third-order valence-electron chi connectivity index (χ3n) is 4.48. The number of sulfonamides is 1. The van der Waals surface area contributed by atoms with Gasteiger partial charge in [0.2, 0.25) is 15.9 Å². The van der Waals surface area contributed by atoms with Crippen molar-refractivity contribution in [2.45, 2.75) is 18.4 Å². The van der Waals surface area contributed by atoms with Crippen molar-refractivity contribution in [2.24, 2.45) is 0 Å². The maximum Gasteiger partial charge on any atom is 0.261 e. The van der Waals surface area contributed by atoms with Gasteiger partial charge in [-0.2, -0.15) is 0 Å². The Morgan fingerprint density at radius 3 is 2.57 bits per heavy atom. The van der Waals surface area contributed by atoms with Gasteiger partial charge in [0.1, 0.15) is 12.3 Å². The van der Waals surface area contributed by atoms with Gasteiger partial charge in [0.15, 0.2) is 0 Å². The second kappa shape index (κ2) is 9.06. The van der Waals surface area contributed by atoms with E-state index in [0.29, 0.717) is 16.7 Å². The Kier molecular flexibility index (Phi) is 6.48. The minimum absolute atomic E-state index is 0.00413. The summed E-state index contributed by atoms with van der Waals surface area (Å²) in [4.78, 5) is 29.0. The van der Waals surface area contributed by atoms with Gasteiger partial charge in [-0.05, 0) is 42.8 Å². The van der Waals surface area contributed by atoms with E-state index in [2.05, 4.69) is 15.0 Å². The van der Waals surface area contributed by atoms with Crippen molar-refractivity contribution < 1.29 is 17.9 Å². The number of aromatic nitrogens is 2. The van der Waals surface area contributed by atoms with E-state index in [4.69, 9.17) is 4.74 Å². The minimum atomic E-state index is -3.70. The average Bonchev–Trinajstić information content (AvgIpc) is 2.74. The van der Waals surface area contributed by atoms with E-state index in [0.717, 1.165) is 5.56 Å². The molecule has 0 aliphatic heterocycles. The molecule has 3 aromatic rings. The third-order valence-corrected chi connectivity index (χ3v) is 5.96. The summed E-state index contributed by atoms with van der Waals surface area (Å²) in [6, 6.07) is 11.3. The Bertz CT molecular complexity index is 1220. The van der Waals surface area contributed by atoms with E-state index in [1.165, 1.54) is 30.1 Å². The molecule has 10 heteroatoms. The van der Waals surface area contributed by atoms with E-state index in [1.54, 1.807) is 24.3 Å². The number of nitrogens with one attached hydrogen (secondary N) is 2. The van der Waals surface area contributed by atoms with Crippen molar-refractivity contribution in [1.29, 1.82) is 0 Å². The standard InChI is InChI=1S/C20H22N4O5S/c1-14-4-3-5-17-19(14)22-13-24(20(17)26)12-18(25)21-10-11-23-30(27,28)16-8-6-15(29-2)7-9-16/h3-9,13,23H,10-12H2,1-2H3,(H,21,25). The van der Waals surface area contributed by atoms with Crippen LogP contribution in [0.25, 0.3) is 10.9 Å². The molecule has 0 aliphatic carbocycles. The topological polar surface area (TPSA) is 119 Å². The number of aryl methyl sites for hydroxylation is 1. The van der Waals surface area contributed by atoms with Crippen LogP contribution in [-0.2, 0) is 21.4 Å². The number of carbonyl (C=O) groups is 1. The lowest BCUT2D eigenvalue weighted by Gasteiger charge is -2.10. The van der Waals surface area contributed by atoms with Gasteiger partial charge in [-0.15, -0.1) is 0 Å². The number of benzene rings is 2. The van der Waals surface area contributed by atoms with Crippen LogP contribution >= 0.6 is 0 Å². The van der Waals surface area contributed by atoms with E-state index in [-0.39, 0.29) is 30.1 Å². The minimum Gasteiger partial charge on any atom is -0.497 e. The highest BCUT2D eigenvalue weighted by Crippen LogP contribution is 2.15. The largest absolute Gasteiger partial charge is 0.497 e. The lowest BCUT2D eigenvalue weighted by atomic mass is 10.1. The predicted octanol–water partition coefficient (Wildman–Crippen LogP) is 0.808. The van der Waals surface area contributed by atoms with Crippen LogP contribution in [0, 0.1) is 6.92 Å². The van der Waals surface area contributed by atoms with Crippen LogP contribution in [0.4, 0.5) is 0 Å². The van der Waals surface area contributed by atoms with Gasteiger partial charge in [0.25, 0.3) is 5.56 Å². The first kappa shape index (κ1) is 21.5. The summed E-state index contributed by atoms with van der Waals surface area (Å²) in [7, 11) is -2.21. The average molecular weight is 430 g/mol. The molecule has 2 N–H and O–H groups in total. The summed E-state index contributed by atoms with van der Waals surface area (Å²) < 4.78 is 33.1. The highest BCUT2D eigenvalue weighted by atomic mass is 32.2. The van der Waals surface area contributed by atoms with Crippen molar-refractivity contribution in [3.05, 3.63) is 64.7 Å². The number of nitrogens with zero attached hydrogens (tertiary/aromatic N) is 2. The molecule has 0 spiro atoms. The number of para-hydroxylation sites is 1. The molecule has 0 saturated carbocycles. The fraction of sp³-hybridized carbons (Fsp3) is 0.250. The lowest BCUT2D eigenvalue weighted by molar-refractivity contribution is -0.121. The lowest BCUT2D eigenvalue weighted by Crippen LogP contribution is -2.37. The smallest absolute Gasteiger partial charge is 0.261 e. The zero-order valence-electron chi connectivity index (χ0n) is 16.6. The highest BCUT2D eigenvalue weighted by molar-refractivity contribution is 7.89. The second-order valence-corrected chi connectivity index (χ2v) is 8.34. The molecule has 0 radical (unpaired) electrons. The molecule has 0 aliphatic rings. The Morgan fingerprint density at radius 1 is 1.13 bits per heavy atom. The molecule has 0 bridgehead atoms. The van der Waals surface area contributed by atoms with Crippen molar-refractivity contribution in [3.8, 4) is 5.75 Å². The third kappa shape index (κ3) is 4.84. The SMILES string of the molecule is COc1ccc(S(=O)(=O)NCCNC(=O)Cn2cnc3c(C)cccc3c2=O)cc1. The van der Waals surface area contributed by atoms with E-state index in [9.17, 15) is 18.0 Å². The Balaban J connectivity index is 1.54. The molecule has 1 aromatic heterocycles. The number of rotatable bonds is 8. The normalized spacial score (nSPS) is 11.4. The van der Waals surface area contributed by atoms with Gasteiger partial charge in [-0.1, -0.05) is 12.1 Å². The molecule has 3 rings (SSSR count). The summed E-state index contributed by atoms with van der Waals surface area (Å²) in [6.45, 7) is 1.73. The van der Waals surface area contributed by atoms with Gasteiger partial charge in [0.05, 0.1) is 29.2 Å². The molecule has 0 fully saturated rings. The quantitative estimate of drug-likeness (QED) is 0.511. The Labute approximate surface area is 173 Å². The molecule has 1 amide bonds. The monoisotopic (exact) mass is 430 g/mol. The summed E-state index contributed by atoms with van der Waals surface area (Å²) in [5.74, 6) is 0.129. The van der Waals surface area contributed by atoms with Crippen LogP contribution < -0.4 is 20.3 Å². The number of ether oxygens (including phenoxy) is 1. The molecule has 1 heterocycles. The molecule has 30 heavy (non-hydrogen) atoms. The fourth-order valence-electron chi connectivity index (χ4n) is 2.89. The zero-order valence-corrected chi connectivity index (χ0v) is 17.4. The fourth-order valence-corrected chi connectivity index (χ4v) is 3.92. The summed E-state index contributed by atoms with van der Waals surface area (Å²) in [5.41, 5.74) is 1.18. The van der Waals surface area contributed by atoms with Crippen LogP contribution in [0.15, 0.2) is 58.5 Å². The molecule has 9 nitrogen and oxygen atoms in total. The van der Waals surface area contributed by atoms with Gasteiger partial charge >= 0.3 is 0 Å². The number of hydrogen-bond acceptors (Lipinski definition) is 6. The van der Waals surface area contributed by atoms with Crippen LogP contribution in [-0.4, -0.2) is 44.1 Å². The first-order valence-corrected chi connectivity index (χ1v) is 10.7. The van der Waals surface area contributed by atoms with E-state index >= 15 is 0 Å². The molecular weight excluding hydrogens is 408 g/mol. The zero-order chi connectivity index (χ0) is 21.7. The Hall–Kier alpha value is -3.24. The van der Waals surface area contributed by atoms with Gasteiger partial charge in [-0.3, -0.25) is 14.2 Å². The first-order valence-electron chi connectivity index (χ1n) is 9.17. The van der Waals surface area contributed by atoms with Crippen LogP contribution in [0.5, 0.6) is 5.75 Å². The summed E-state index contributed by atoms with van der Waals surface area (Å²) in [5, 5.41) is 3.03. The van der Waals surface area contributed by atoms with Crippen molar-refractivity contribution in [3.63, 3.8) is 0 Å². The first-order chi connectivity index (χ1) is 14.3. The van der Waals surface area contributed by atoms with Crippen molar-refractivity contribution in [1.82, 2.24) is 19.6 Å². The van der Waals surface area contributed by atoms with Crippen LogP contribution in [0.2, 0.25) is 0 Å². The molecule has 158 valence electrons. The van der Waals surface area contributed by atoms with Crippen molar-refractivity contribution >= 4 is 26.8 Å². The van der Waals surface area contributed by atoms with Crippen LogP contribution in [0.1, 0.15) is 5.56 Å². The van der Waals surface area contributed by atoms with E-state index in [1.807, 2.05) is 13.0 Å². The summed E-state index contributed by atoms with van der Waals surface area (Å²) in [6.07, 6.45) is 1.34. The maximum atomic E-state index is 12.5. The van der Waals surface area contributed by atoms with E-state index < -0.39 is 15.9 Å². The molecular formula is C20H22N4O5S. The second-order valence-electron chi connectivity index (χ2n) is 6.57. The number of carbonyl (C=O) groups excluding carboxylic acids is 1. The molecule has 2 aromatic carbocycles. The number of hydrogen-bond donors (Lipinski definition) is 2. The molecule has 0 unspecified atom stereocenters. The summed E-state index contributed by atoms with van der Waals surface area (Å²) >= 11 is 0. The number of amides is 1. The maximum absolute atomic E-state index is 12.5. The van der Waals surface area contributed by atoms with Crippen molar-refractivity contribution in [2.75, 3.05) is 20.2 Å². The molecule has 0 atom stereocenters. The van der Waals surface area contributed by atoms with Gasteiger partial charge in [-0.25, -0.2) is 18.1 Å². The Morgan fingerprint density at radius 2 is 1.87 bits per heavy atom. The highest BCUT2D eigenvalue weighted by Gasteiger charge is 2.14. The number of methoxy groups -OCH3 is 1. The van der Waals surface area contributed by atoms with Gasteiger partial charge in [0, 0.05) is 13.1 Å². The van der Waals surface area contributed by atoms with Crippen LogP contribution in [0.3, 0.4) is 0 Å². The van der Waals surface area contributed by atoms with Gasteiger partial charge < -0.3 is 10.1 Å². The predicted molar refractivity (Wildman–Crippen MR) is 112 cm³/mol. The number of fused-ring (bicyclic) bond motifs is 1. The molecule has 0 saturated heterocycles.